The van der Waals surface area contributed by atoms with E-state index in [2.05, 4.69) is 9.98 Å². The van der Waals surface area contributed by atoms with Crippen LogP contribution in [-0.2, 0) is 4.57 Å². The SMILES string of the molecule is COc1cc(C(C=Nc2cccnc2)P(=O)(O)O)cc(C)c1O. The van der Waals surface area contributed by atoms with Gasteiger partial charge in [0.15, 0.2) is 11.5 Å². The first-order chi connectivity index (χ1) is 10.8. The lowest BCUT2D eigenvalue weighted by molar-refractivity contribution is 0.365. The van der Waals surface area contributed by atoms with E-state index in [1.54, 1.807) is 25.3 Å². The van der Waals surface area contributed by atoms with Crippen molar-refractivity contribution in [3.63, 3.8) is 0 Å². The third-order valence-corrected chi connectivity index (χ3v) is 4.38. The maximum absolute atomic E-state index is 11.8. The number of aromatic nitrogens is 1. The van der Waals surface area contributed by atoms with E-state index < -0.39 is 13.3 Å². The van der Waals surface area contributed by atoms with Crippen molar-refractivity contribution in [3.05, 3.63) is 47.8 Å². The molecule has 1 aromatic carbocycles. The van der Waals surface area contributed by atoms with Crippen molar-refractivity contribution in [2.75, 3.05) is 7.11 Å². The van der Waals surface area contributed by atoms with Gasteiger partial charge < -0.3 is 19.6 Å². The van der Waals surface area contributed by atoms with Gasteiger partial charge in [0.05, 0.1) is 19.0 Å². The summed E-state index contributed by atoms with van der Waals surface area (Å²) in [7, 11) is -3.14. The average molecular weight is 336 g/mol. The van der Waals surface area contributed by atoms with Crippen LogP contribution in [0.15, 0.2) is 41.7 Å². The van der Waals surface area contributed by atoms with Gasteiger partial charge in [0.1, 0.15) is 5.66 Å². The molecule has 0 aliphatic rings. The van der Waals surface area contributed by atoms with Crippen molar-refractivity contribution in [2.45, 2.75) is 12.6 Å². The molecule has 122 valence electrons. The number of pyridine rings is 1. The Morgan fingerprint density at radius 3 is 2.70 bits per heavy atom. The van der Waals surface area contributed by atoms with Gasteiger partial charge in [0.2, 0.25) is 0 Å². The molecule has 0 bridgehead atoms. The molecule has 23 heavy (non-hydrogen) atoms. The number of nitrogens with zero attached hydrogens (tertiary/aromatic N) is 2. The molecule has 2 rings (SSSR count). The number of methoxy groups -OCH3 is 1. The first-order valence-corrected chi connectivity index (χ1v) is 8.38. The van der Waals surface area contributed by atoms with Crippen LogP contribution in [0.2, 0.25) is 0 Å². The van der Waals surface area contributed by atoms with Gasteiger partial charge in [0.25, 0.3) is 0 Å². The van der Waals surface area contributed by atoms with Gasteiger partial charge in [-0.2, -0.15) is 0 Å². The summed E-state index contributed by atoms with van der Waals surface area (Å²) in [5, 5.41) is 9.85. The second-order valence-electron chi connectivity index (χ2n) is 4.91. The molecule has 0 aliphatic carbocycles. The van der Waals surface area contributed by atoms with Crippen LogP contribution in [0.4, 0.5) is 5.69 Å². The molecule has 1 aromatic heterocycles. The molecule has 0 aliphatic heterocycles. The highest BCUT2D eigenvalue weighted by atomic mass is 31.2. The van der Waals surface area contributed by atoms with Crippen molar-refractivity contribution < 1.29 is 24.2 Å². The summed E-state index contributed by atoms with van der Waals surface area (Å²) in [6, 6.07) is 6.23. The van der Waals surface area contributed by atoms with Crippen LogP contribution in [0.3, 0.4) is 0 Å². The van der Waals surface area contributed by atoms with Gasteiger partial charge in [-0.15, -0.1) is 0 Å². The summed E-state index contributed by atoms with van der Waals surface area (Å²) in [6.45, 7) is 1.62. The summed E-state index contributed by atoms with van der Waals surface area (Å²) in [5.74, 6) is 0.0816. The minimum Gasteiger partial charge on any atom is -0.504 e. The summed E-state index contributed by atoms with van der Waals surface area (Å²) < 4.78 is 16.9. The first kappa shape index (κ1) is 17.1. The first-order valence-electron chi connectivity index (χ1n) is 6.70. The van der Waals surface area contributed by atoms with Gasteiger partial charge in [-0.1, -0.05) is 6.07 Å². The fourth-order valence-electron chi connectivity index (χ4n) is 2.05. The van der Waals surface area contributed by atoms with E-state index >= 15 is 0 Å². The van der Waals surface area contributed by atoms with Gasteiger partial charge >= 0.3 is 7.60 Å². The smallest absolute Gasteiger partial charge is 0.338 e. The van der Waals surface area contributed by atoms with Gasteiger partial charge in [-0.05, 0) is 36.2 Å². The van der Waals surface area contributed by atoms with Gasteiger partial charge in [0, 0.05) is 12.4 Å². The zero-order valence-corrected chi connectivity index (χ0v) is 13.5. The Bertz CT molecular complexity index is 758. The third kappa shape index (κ3) is 4.16. The van der Waals surface area contributed by atoms with Crippen LogP contribution in [0.1, 0.15) is 16.8 Å². The Hall–Kier alpha value is -2.21. The molecule has 0 fully saturated rings. The van der Waals surface area contributed by atoms with Crippen molar-refractivity contribution in [1.82, 2.24) is 4.98 Å². The summed E-state index contributed by atoms with van der Waals surface area (Å²) in [6.07, 6.45) is 4.24. The number of hydrogen-bond donors (Lipinski definition) is 3. The fourth-order valence-corrected chi connectivity index (χ4v) is 2.83. The minimum absolute atomic E-state index is 0.0649. The molecule has 1 heterocycles. The van der Waals surface area contributed by atoms with Crippen molar-refractivity contribution in [2.24, 2.45) is 4.99 Å². The zero-order valence-electron chi connectivity index (χ0n) is 12.6. The Morgan fingerprint density at radius 1 is 1.39 bits per heavy atom. The number of aryl methyl sites for hydroxylation is 1. The predicted molar refractivity (Wildman–Crippen MR) is 86.6 cm³/mol. The van der Waals surface area contributed by atoms with Crippen LogP contribution in [0, 0.1) is 6.92 Å². The van der Waals surface area contributed by atoms with Crippen LogP contribution in [-0.4, -0.2) is 33.2 Å². The molecule has 7 nitrogen and oxygen atoms in total. The lowest BCUT2D eigenvalue weighted by atomic mass is 10.1. The number of benzene rings is 1. The fraction of sp³-hybridized carbons (Fsp3) is 0.200. The maximum Gasteiger partial charge on any atom is 0.338 e. The molecule has 1 unspecified atom stereocenters. The molecule has 0 radical (unpaired) electrons. The average Bonchev–Trinajstić information content (AvgIpc) is 2.50. The standard InChI is InChI=1S/C15H17N2O5P/c1-10-6-11(7-13(22-2)15(10)18)14(23(19,20)21)9-17-12-4-3-5-16-8-12/h3-9,14,18H,1-2H3,(H2,19,20,21). The van der Waals surface area contributed by atoms with Crippen molar-refractivity contribution in [3.8, 4) is 11.5 Å². The van der Waals surface area contributed by atoms with E-state index in [1.165, 1.54) is 31.7 Å². The van der Waals surface area contributed by atoms with Crippen LogP contribution >= 0.6 is 7.60 Å². The molecular weight excluding hydrogens is 319 g/mol. The maximum atomic E-state index is 11.8. The van der Waals surface area contributed by atoms with E-state index in [0.717, 1.165) is 0 Å². The highest BCUT2D eigenvalue weighted by molar-refractivity contribution is 7.53. The minimum atomic E-state index is -4.51. The van der Waals surface area contributed by atoms with Crippen LogP contribution in [0.5, 0.6) is 11.5 Å². The molecular formula is C15H17N2O5P. The topological polar surface area (TPSA) is 112 Å². The molecule has 8 heteroatoms. The largest absolute Gasteiger partial charge is 0.504 e. The number of aliphatic imine (C=N–C) groups is 1. The third-order valence-electron chi connectivity index (χ3n) is 3.22. The second-order valence-corrected chi connectivity index (χ2v) is 6.65. The quantitative estimate of drug-likeness (QED) is 0.572. The Labute approximate surface area is 133 Å². The monoisotopic (exact) mass is 336 g/mol. The molecule has 3 N–H and O–H groups in total. The molecule has 0 spiro atoms. The number of hydrogen-bond acceptors (Lipinski definition) is 5. The van der Waals surface area contributed by atoms with Crippen LogP contribution in [0.25, 0.3) is 0 Å². The highest BCUT2D eigenvalue weighted by Gasteiger charge is 2.30. The Morgan fingerprint density at radius 2 is 2.13 bits per heavy atom. The predicted octanol–water partition coefficient (Wildman–Crippen LogP) is 2.73. The summed E-state index contributed by atoms with van der Waals surface area (Å²) in [4.78, 5) is 27.2. The summed E-state index contributed by atoms with van der Waals surface area (Å²) >= 11 is 0. The van der Waals surface area contributed by atoms with E-state index in [-0.39, 0.29) is 11.5 Å². The lowest BCUT2D eigenvalue weighted by Gasteiger charge is -2.17. The number of aromatic hydroxyl groups is 1. The number of rotatable bonds is 5. The molecule has 0 amide bonds. The summed E-state index contributed by atoms with van der Waals surface area (Å²) in [5.41, 5.74) is -0.0185. The van der Waals surface area contributed by atoms with Crippen molar-refractivity contribution in [1.29, 1.82) is 0 Å². The van der Waals surface area contributed by atoms with E-state index in [0.29, 0.717) is 16.8 Å². The number of phenols is 1. The Kier molecular flexibility index (Phi) is 5.15. The zero-order chi connectivity index (χ0) is 17.0. The molecule has 2 aromatic rings. The number of ether oxygens (including phenoxy) is 1. The van der Waals surface area contributed by atoms with Crippen molar-refractivity contribution >= 4 is 19.5 Å². The van der Waals surface area contributed by atoms with E-state index in [1.807, 2.05) is 0 Å². The highest BCUT2D eigenvalue weighted by Crippen LogP contribution is 2.52. The molecule has 0 saturated carbocycles. The van der Waals surface area contributed by atoms with Gasteiger partial charge in [-0.25, -0.2) is 0 Å². The lowest BCUT2D eigenvalue weighted by Crippen LogP contribution is -2.03. The van der Waals surface area contributed by atoms with E-state index in [9.17, 15) is 19.5 Å². The second kappa shape index (κ2) is 6.91. The Balaban J connectivity index is 2.46. The normalized spacial score (nSPS) is 13.2. The molecule has 1 atom stereocenters. The van der Waals surface area contributed by atoms with Crippen LogP contribution < -0.4 is 4.74 Å². The van der Waals surface area contributed by atoms with Gasteiger partial charge in [-0.3, -0.25) is 14.5 Å². The number of phenolic OH excluding ortho intramolecular Hbond substituents is 1. The van der Waals surface area contributed by atoms with E-state index in [4.69, 9.17) is 4.74 Å². The molecule has 0 saturated heterocycles.